The van der Waals surface area contributed by atoms with Crippen LogP contribution in [0.25, 0.3) is 10.2 Å². The number of rotatable bonds is 4. The van der Waals surface area contributed by atoms with Crippen molar-refractivity contribution >= 4 is 38.5 Å². The van der Waals surface area contributed by atoms with Crippen molar-refractivity contribution in [1.29, 1.82) is 5.26 Å². The fourth-order valence-electron chi connectivity index (χ4n) is 3.04. The molecule has 0 spiro atoms. The van der Waals surface area contributed by atoms with Crippen LogP contribution in [0.1, 0.15) is 25.7 Å². The van der Waals surface area contributed by atoms with Crippen molar-refractivity contribution in [1.82, 2.24) is 15.3 Å². The normalized spacial score (nSPS) is 20.3. The first-order valence-electron chi connectivity index (χ1n) is 8.68. The third kappa shape index (κ3) is 3.66. The Morgan fingerprint density at radius 2 is 2.32 bits per heavy atom. The molecular weight excluding hydrogens is 336 g/mol. The van der Waals surface area contributed by atoms with Crippen molar-refractivity contribution in [3.05, 3.63) is 12.3 Å². The number of nitrogens with one attached hydrogen (secondary N) is 2. The number of pyridine rings is 1. The Balaban J connectivity index is 1.51. The van der Waals surface area contributed by atoms with E-state index < -0.39 is 0 Å². The van der Waals surface area contributed by atoms with E-state index in [1.807, 2.05) is 6.07 Å². The van der Waals surface area contributed by atoms with Gasteiger partial charge in [-0.15, -0.1) is 0 Å². The number of anilines is 2. The molecule has 1 unspecified atom stereocenters. The molecule has 1 saturated heterocycles. The monoisotopic (exact) mass is 356 g/mol. The molecule has 1 atom stereocenters. The summed E-state index contributed by atoms with van der Waals surface area (Å²) in [5.74, 6) is 1.24. The number of nitrogens with zero attached hydrogens (tertiary/aromatic N) is 4. The van der Waals surface area contributed by atoms with Gasteiger partial charge in [0.05, 0.1) is 22.2 Å². The number of thiazole rings is 1. The maximum atomic E-state index is 12.1. The second-order valence-electron chi connectivity index (χ2n) is 6.70. The molecule has 2 aromatic heterocycles. The first kappa shape index (κ1) is 16.1. The van der Waals surface area contributed by atoms with Gasteiger partial charge in [-0.3, -0.25) is 5.32 Å². The summed E-state index contributed by atoms with van der Waals surface area (Å²) in [6.45, 7) is 2.35. The number of carbonyl (C=O) groups is 1. The van der Waals surface area contributed by atoms with Crippen LogP contribution in [0, 0.1) is 23.2 Å². The molecule has 4 rings (SSSR count). The van der Waals surface area contributed by atoms with Gasteiger partial charge in [0, 0.05) is 25.8 Å². The Bertz CT molecular complexity index is 824. The number of fused-ring (bicyclic) bond motifs is 1. The Morgan fingerprint density at radius 3 is 3.12 bits per heavy atom. The van der Waals surface area contributed by atoms with E-state index in [1.54, 1.807) is 6.20 Å². The van der Waals surface area contributed by atoms with E-state index in [0.717, 1.165) is 41.3 Å². The Labute approximate surface area is 150 Å². The molecule has 2 aliphatic rings. The highest BCUT2D eigenvalue weighted by atomic mass is 32.1. The van der Waals surface area contributed by atoms with Crippen molar-refractivity contribution in [3.63, 3.8) is 0 Å². The summed E-state index contributed by atoms with van der Waals surface area (Å²) in [5.41, 5.74) is 0.826. The first-order chi connectivity index (χ1) is 12.2. The molecule has 0 radical (unpaired) electrons. The number of carbonyl (C=O) groups excluding carboxylic acids is 1. The standard InChI is InChI=1S/C17H20N6OS/c18-8-12-2-1-7-23(10-12)17-21-13-5-6-19-15(14(13)25-17)22-16(24)20-9-11-3-4-11/h5-6,11-12H,1-4,7,9-10H2,(H2,19,20,22,24). The summed E-state index contributed by atoms with van der Waals surface area (Å²) in [5, 5.41) is 15.8. The quantitative estimate of drug-likeness (QED) is 0.878. The second kappa shape index (κ2) is 6.84. The van der Waals surface area contributed by atoms with Crippen LogP contribution in [0.5, 0.6) is 0 Å². The van der Waals surface area contributed by atoms with Crippen LogP contribution in [0.15, 0.2) is 12.3 Å². The molecule has 0 aromatic carbocycles. The van der Waals surface area contributed by atoms with Gasteiger partial charge in [-0.25, -0.2) is 14.8 Å². The van der Waals surface area contributed by atoms with E-state index in [9.17, 15) is 10.1 Å². The average Bonchev–Trinajstić information content (AvgIpc) is 3.36. The summed E-state index contributed by atoms with van der Waals surface area (Å²) >= 11 is 1.52. The van der Waals surface area contributed by atoms with E-state index in [1.165, 1.54) is 24.2 Å². The maximum Gasteiger partial charge on any atom is 0.320 e. The molecule has 2 aromatic rings. The van der Waals surface area contributed by atoms with E-state index in [-0.39, 0.29) is 11.9 Å². The summed E-state index contributed by atoms with van der Waals surface area (Å²) in [7, 11) is 0. The van der Waals surface area contributed by atoms with Crippen molar-refractivity contribution in [3.8, 4) is 6.07 Å². The highest BCUT2D eigenvalue weighted by molar-refractivity contribution is 7.22. The third-order valence-corrected chi connectivity index (χ3v) is 5.79. The first-order valence-corrected chi connectivity index (χ1v) is 9.49. The van der Waals surface area contributed by atoms with E-state index in [2.05, 4.69) is 31.6 Å². The highest BCUT2D eigenvalue weighted by Gasteiger charge is 2.24. The van der Waals surface area contributed by atoms with E-state index >= 15 is 0 Å². The summed E-state index contributed by atoms with van der Waals surface area (Å²) in [4.78, 5) is 23.2. The van der Waals surface area contributed by atoms with Crippen LogP contribution < -0.4 is 15.5 Å². The lowest BCUT2D eigenvalue weighted by molar-refractivity contribution is 0.251. The molecule has 2 fully saturated rings. The van der Waals surface area contributed by atoms with Gasteiger partial charge >= 0.3 is 6.03 Å². The Morgan fingerprint density at radius 1 is 1.44 bits per heavy atom. The van der Waals surface area contributed by atoms with Gasteiger partial charge in [0.15, 0.2) is 10.9 Å². The van der Waals surface area contributed by atoms with Gasteiger partial charge in [-0.1, -0.05) is 11.3 Å². The molecule has 25 heavy (non-hydrogen) atoms. The summed E-state index contributed by atoms with van der Waals surface area (Å²) in [6.07, 6.45) is 6.02. The molecule has 1 aliphatic carbocycles. The van der Waals surface area contributed by atoms with Crippen LogP contribution in [-0.4, -0.2) is 35.6 Å². The van der Waals surface area contributed by atoms with E-state index in [0.29, 0.717) is 18.3 Å². The number of nitriles is 1. The predicted octanol–water partition coefficient (Wildman–Crippen LogP) is 2.96. The van der Waals surface area contributed by atoms with Crippen molar-refractivity contribution in [2.75, 3.05) is 29.9 Å². The SMILES string of the molecule is N#CC1CCCN(c2nc3ccnc(NC(=O)NCC4CC4)c3s2)C1. The van der Waals surface area contributed by atoms with Gasteiger partial charge in [0.25, 0.3) is 0 Å². The van der Waals surface area contributed by atoms with E-state index in [4.69, 9.17) is 0 Å². The smallest absolute Gasteiger partial charge is 0.320 e. The van der Waals surface area contributed by atoms with Gasteiger partial charge in [0.1, 0.15) is 0 Å². The second-order valence-corrected chi connectivity index (χ2v) is 7.67. The van der Waals surface area contributed by atoms with Gasteiger partial charge < -0.3 is 10.2 Å². The minimum atomic E-state index is -0.218. The average molecular weight is 356 g/mol. The van der Waals surface area contributed by atoms with Gasteiger partial charge in [-0.05, 0) is 37.7 Å². The topological polar surface area (TPSA) is 93.9 Å². The number of aromatic nitrogens is 2. The fourth-order valence-corrected chi connectivity index (χ4v) is 4.08. The van der Waals surface area contributed by atoms with Crippen LogP contribution in [0.4, 0.5) is 15.7 Å². The molecule has 8 heteroatoms. The summed E-state index contributed by atoms with van der Waals surface area (Å²) in [6, 6.07) is 4.00. The van der Waals surface area contributed by atoms with Crippen LogP contribution >= 0.6 is 11.3 Å². The minimum absolute atomic E-state index is 0.0599. The molecule has 1 aliphatic heterocycles. The third-order valence-electron chi connectivity index (χ3n) is 4.65. The molecule has 2 N–H and O–H groups in total. The predicted molar refractivity (Wildman–Crippen MR) is 97.7 cm³/mol. The number of urea groups is 1. The Hall–Kier alpha value is -2.40. The van der Waals surface area contributed by atoms with Crippen LogP contribution in [0.3, 0.4) is 0 Å². The molecule has 0 bridgehead atoms. The number of piperidine rings is 1. The number of amides is 2. The lowest BCUT2D eigenvalue weighted by Gasteiger charge is -2.28. The molecule has 7 nitrogen and oxygen atoms in total. The number of hydrogen-bond acceptors (Lipinski definition) is 6. The molecule has 130 valence electrons. The van der Waals surface area contributed by atoms with Gasteiger partial charge in [-0.2, -0.15) is 5.26 Å². The van der Waals surface area contributed by atoms with Gasteiger partial charge in [0.2, 0.25) is 0 Å². The lowest BCUT2D eigenvalue weighted by atomic mass is 10.0. The molecular formula is C17H20N6OS. The van der Waals surface area contributed by atoms with Crippen molar-refractivity contribution < 1.29 is 4.79 Å². The zero-order chi connectivity index (χ0) is 17.2. The van der Waals surface area contributed by atoms with Crippen molar-refractivity contribution in [2.24, 2.45) is 11.8 Å². The minimum Gasteiger partial charge on any atom is -0.347 e. The Kier molecular flexibility index (Phi) is 4.40. The molecule has 3 heterocycles. The van der Waals surface area contributed by atoms with Crippen LogP contribution in [-0.2, 0) is 0 Å². The summed E-state index contributed by atoms with van der Waals surface area (Å²) < 4.78 is 0.873. The lowest BCUT2D eigenvalue weighted by Crippen LogP contribution is -2.34. The fraction of sp³-hybridized carbons (Fsp3) is 0.529. The number of hydrogen-bond donors (Lipinski definition) is 2. The van der Waals surface area contributed by atoms with Crippen molar-refractivity contribution in [2.45, 2.75) is 25.7 Å². The van der Waals surface area contributed by atoms with Crippen LogP contribution in [0.2, 0.25) is 0 Å². The highest BCUT2D eigenvalue weighted by Crippen LogP contribution is 2.34. The zero-order valence-electron chi connectivity index (χ0n) is 13.9. The molecule has 2 amide bonds. The molecule has 1 saturated carbocycles. The zero-order valence-corrected chi connectivity index (χ0v) is 14.7. The maximum absolute atomic E-state index is 12.1. The largest absolute Gasteiger partial charge is 0.347 e.